The lowest BCUT2D eigenvalue weighted by Gasteiger charge is -2.07. The molecular weight excluding hydrogens is 226 g/mol. The van der Waals surface area contributed by atoms with Crippen molar-refractivity contribution < 1.29 is 9.84 Å². The minimum Gasteiger partial charge on any atom is -0.457 e. The second-order valence-electron chi connectivity index (χ2n) is 3.96. The minimum atomic E-state index is 0.162. The van der Waals surface area contributed by atoms with Crippen molar-refractivity contribution in [1.82, 2.24) is 5.32 Å². The molecule has 0 unspecified atom stereocenters. The molecule has 0 bridgehead atoms. The van der Waals surface area contributed by atoms with E-state index in [1.807, 2.05) is 54.6 Å². The summed E-state index contributed by atoms with van der Waals surface area (Å²) in [7, 11) is 0. The number of ether oxygens (including phenoxy) is 1. The number of nitrogens with one attached hydrogen (secondary N) is 1. The Labute approximate surface area is 107 Å². The average Bonchev–Trinajstić information content (AvgIpc) is 2.42. The van der Waals surface area contributed by atoms with Crippen LogP contribution in [0.2, 0.25) is 0 Å². The first-order chi connectivity index (χ1) is 8.88. The molecule has 0 atom stereocenters. The summed E-state index contributed by atoms with van der Waals surface area (Å²) >= 11 is 0. The highest BCUT2D eigenvalue weighted by molar-refractivity contribution is 5.32. The molecule has 0 heterocycles. The molecule has 0 amide bonds. The summed E-state index contributed by atoms with van der Waals surface area (Å²) in [5.74, 6) is 1.66. The summed E-state index contributed by atoms with van der Waals surface area (Å²) in [4.78, 5) is 0. The van der Waals surface area contributed by atoms with Crippen LogP contribution in [0.25, 0.3) is 0 Å². The highest BCUT2D eigenvalue weighted by Gasteiger charge is 1.97. The molecule has 0 fully saturated rings. The zero-order chi connectivity index (χ0) is 12.6. The van der Waals surface area contributed by atoms with Gasteiger partial charge in [-0.1, -0.05) is 30.3 Å². The monoisotopic (exact) mass is 243 g/mol. The molecular formula is C15H17NO2. The van der Waals surface area contributed by atoms with E-state index < -0.39 is 0 Å². The van der Waals surface area contributed by atoms with Gasteiger partial charge in [-0.05, 0) is 29.8 Å². The van der Waals surface area contributed by atoms with Gasteiger partial charge in [-0.2, -0.15) is 0 Å². The van der Waals surface area contributed by atoms with Crippen LogP contribution in [0.3, 0.4) is 0 Å². The van der Waals surface area contributed by atoms with E-state index in [0.29, 0.717) is 6.54 Å². The molecule has 0 spiro atoms. The Morgan fingerprint density at radius 1 is 0.889 bits per heavy atom. The third kappa shape index (κ3) is 3.87. The lowest BCUT2D eigenvalue weighted by molar-refractivity contribution is 0.292. The number of para-hydroxylation sites is 1. The van der Waals surface area contributed by atoms with Gasteiger partial charge in [-0.25, -0.2) is 0 Å². The number of rotatable bonds is 6. The third-order valence-corrected chi connectivity index (χ3v) is 2.52. The van der Waals surface area contributed by atoms with Crippen LogP contribution in [0.15, 0.2) is 54.6 Å². The van der Waals surface area contributed by atoms with Crippen molar-refractivity contribution in [3.05, 3.63) is 60.2 Å². The molecule has 2 aromatic rings. The second-order valence-corrected chi connectivity index (χ2v) is 3.96. The lowest BCUT2D eigenvalue weighted by Crippen LogP contribution is -2.17. The number of hydrogen-bond donors (Lipinski definition) is 2. The van der Waals surface area contributed by atoms with E-state index in [0.717, 1.165) is 18.0 Å². The predicted molar refractivity (Wildman–Crippen MR) is 71.8 cm³/mol. The van der Waals surface area contributed by atoms with Gasteiger partial charge in [-0.15, -0.1) is 0 Å². The normalized spacial score (nSPS) is 10.3. The first-order valence-electron chi connectivity index (χ1n) is 6.02. The van der Waals surface area contributed by atoms with Gasteiger partial charge in [0, 0.05) is 13.1 Å². The zero-order valence-electron chi connectivity index (χ0n) is 10.2. The summed E-state index contributed by atoms with van der Waals surface area (Å²) in [5.41, 5.74) is 1.17. The average molecular weight is 243 g/mol. The molecule has 3 nitrogen and oxygen atoms in total. The fourth-order valence-electron chi connectivity index (χ4n) is 1.61. The smallest absolute Gasteiger partial charge is 0.127 e. The van der Waals surface area contributed by atoms with E-state index in [4.69, 9.17) is 9.84 Å². The highest BCUT2D eigenvalue weighted by Crippen LogP contribution is 2.20. The number of aliphatic hydroxyl groups is 1. The molecule has 0 saturated heterocycles. The Hall–Kier alpha value is -1.84. The maximum Gasteiger partial charge on any atom is 0.127 e. The van der Waals surface area contributed by atoms with Crippen molar-refractivity contribution in [2.24, 2.45) is 0 Å². The quantitative estimate of drug-likeness (QED) is 0.766. The van der Waals surface area contributed by atoms with E-state index in [2.05, 4.69) is 5.32 Å². The van der Waals surface area contributed by atoms with Crippen molar-refractivity contribution in [3.63, 3.8) is 0 Å². The molecule has 2 aromatic carbocycles. The Morgan fingerprint density at radius 3 is 2.22 bits per heavy atom. The summed E-state index contributed by atoms with van der Waals surface area (Å²) in [5, 5.41) is 11.8. The van der Waals surface area contributed by atoms with E-state index in [-0.39, 0.29) is 6.61 Å². The van der Waals surface area contributed by atoms with Crippen LogP contribution in [0.1, 0.15) is 5.56 Å². The van der Waals surface area contributed by atoms with Crippen LogP contribution in [-0.2, 0) is 6.54 Å². The Morgan fingerprint density at radius 2 is 1.56 bits per heavy atom. The largest absolute Gasteiger partial charge is 0.457 e. The van der Waals surface area contributed by atoms with Crippen molar-refractivity contribution >= 4 is 0 Å². The van der Waals surface area contributed by atoms with Gasteiger partial charge in [0.05, 0.1) is 6.61 Å². The van der Waals surface area contributed by atoms with Crippen LogP contribution >= 0.6 is 0 Å². The van der Waals surface area contributed by atoms with E-state index in [9.17, 15) is 0 Å². The van der Waals surface area contributed by atoms with Gasteiger partial charge in [-0.3, -0.25) is 0 Å². The van der Waals surface area contributed by atoms with Gasteiger partial charge in [0.1, 0.15) is 11.5 Å². The summed E-state index contributed by atoms with van der Waals surface area (Å²) in [6.45, 7) is 1.53. The first-order valence-corrected chi connectivity index (χ1v) is 6.02. The Bertz CT molecular complexity index is 454. The van der Waals surface area contributed by atoms with Gasteiger partial charge >= 0.3 is 0 Å². The lowest BCUT2D eigenvalue weighted by atomic mass is 10.2. The zero-order valence-corrected chi connectivity index (χ0v) is 10.2. The standard InChI is InChI=1S/C15H17NO2/c17-11-10-16-12-13-6-8-15(9-7-13)18-14-4-2-1-3-5-14/h1-9,16-17H,10-12H2. The topological polar surface area (TPSA) is 41.5 Å². The molecule has 3 heteroatoms. The molecule has 0 saturated carbocycles. The fraction of sp³-hybridized carbons (Fsp3) is 0.200. The van der Waals surface area contributed by atoms with Gasteiger partial charge < -0.3 is 15.2 Å². The first kappa shape index (κ1) is 12.6. The predicted octanol–water partition coefficient (Wildman–Crippen LogP) is 2.56. The third-order valence-electron chi connectivity index (χ3n) is 2.52. The van der Waals surface area contributed by atoms with Crippen molar-refractivity contribution in [1.29, 1.82) is 0 Å². The minimum absolute atomic E-state index is 0.162. The van der Waals surface area contributed by atoms with E-state index in [1.54, 1.807) is 0 Å². The second kappa shape index (κ2) is 6.79. The summed E-state index contributed by atoms with van der Waals surface area (Å²) < 4.78 is 5.70. The molecule has 18 heavy (non-hydrogen) atoms. The van der Waals surface area contributed by atoms with Crippen LogP contribution in [-0.4, -0.2) is 18.3 Å². The maximum absolute atomic E-state index is 8.67. The number of benzene rings is 2. The highest BCUT2D eigenvalue weighted by atomic mass is 16.5. The molecule has 2 N–H and O–H groups in total. The molecule has 2 rings (SSSR count). The SMILES string of the molecule is OCCNCc1ccc(Oc2ccccc2)cc1. The van der Waals surface area contributed by atoms with Crippen LogP contribution < -0.4 is 10.1 Å². The number of hydrogen-bond acceptors (Lipinski definition) is 3. The van der Waals surface area contributed by atoms with Crippen molar-refractivity contribution in [2.45, 2.75) is 6.54 Å². The van der Waals surface area contributed by atoms with Crippen molar-refractivity contribution in [2.75, 3.05) is 13.2 Å². The van der Waals surface area contributed by atoms with E-state index >= 15 is 0 Å². The molecule has 0 aliphatic heterocycles. The summed E-state index contributed by atoms with van der Waals surface area (Å²) in [6.07, 6.45) is 0. The summed E-state index contributed by atoms with van der Waals surface area (Å²) in [6, 6.07) is 17.6. The van der Waals surface area contributed by atoms with Crippen LogP contribution in [0, 0.1) is 0 Å². The molecule has 0 aliphatic carbocycles. The Balaban J connectivity index is 1.91. The molecule has 0 aliphatic rings. The van der Waals surface area contributed by atoms with Gasteiger partial charge in [0.2, 0.25) is 0 Å². The Kier molecular flexibility index (Phi) is 4.76. The van der Waals surface area contributed by atoms with Gasteiger partial charge in [0.15, 0.2) is 0 Å². The van der Waals surface area contributed by atoms with E-state index in [1.165, 1.54) is 5.56 Å². The fourth-order valence-corrected chi connectivity index (χ4v) is 1.61. The van der Waals surface area contributed by atoms with Crippen LogP contribution in [0.5, 0.6) is 11.5 Å². The molecule has 0 aromatic heterocycles. The number of aliphatic hydroxyl groups excluding tert-OH is 1. The molecule has 0 radical (unpaired) electrons. The molecule has 94 valence electrons. The van der Waals surface area contributed by atoms with Crippen LogP contribution in [0.4, 0.5) is 0 Å². The maximum atomic E-state index is 8.67. The van der Waals surface area contributed by atoms with Gasteiger partial charge in [0.25, 0.3) is 0 Å². The van der Waals surface area contributed by atoms with Crippen molar-refractivity contribution in [3.8, 4) is 11.5 Å².